The van der Waals surface area contributed by atoms with Gasteiger partial charge in [0, 0.05) is 23.9 Å². The molecule has 0 saturated carbocycles. The molecule has 2 N–H and O–H groups in total. The maximum atomic E-state index is 15.3. The van der Waals surface area contributed by atoms with Crippen molar-refractivity contribution in [2.45, 2.75) is 53.0 Å². The predicted octanol–water partition coefficient (Wildman–Crippen LogP) is 6.11. The Morgan fingerprint density at radius 1 is 1.18 bits per heavy atom. The van der Waals surface area contributed by atoms with Gasteiger partial charge in [-0.3, -0.25) is 10.00 Å². The summed E-state index contributed by atoms with van der Waals surface area (Å²) in [6.07, 6.45) is 3.03. The van der Waals surface area contributed by atoms with Crippen LogP contribution in [0.15, 0.2) is 24.3 Å². The minimum absolute atomic E-state index is 0.157. The van der Waals surface area contributed by atoms with Gasteiger partial charge in [-0.2, -0.15) is 5.10 Å². The highest BCUT2D eigenvalue weighted by molar-refractivity contribution is 6.30. The van der Waals surface area contributed by atoms with E-state index in [2.05, 4.69) is 25.4 Å². The molecule has 0 amide bonds. The summed E-state index contributed by atoms with van der Waals surface area (Å²) in [5.74, 6) is 1.13. The van der Waals surface area contributed by atoms with Crippen LogP contribution in [0.3, 0.4) is 0 Å². The Labute approximate surface area is 198 Å². The molecule has 1 aliphatic rings. The number of aromatic amines is 1. The van der Waals surface area contributed by atoms with Gasteiger partial charge in [0.25, 0.3) is 0 Å². The lowest BCUT2D eigenvalue weighted by Gasteiger charge is -2.32. The molecule has 0 spiro atoms. The van der Waals surface area contributed by atoms with E-state index in [9.17, 15) is 4.39 Å². The van der Waals surface area contributed by atoms with Gasteiger partial charge in [0.1, 0.15) is 17.5 Å². The summed E-state index contributed by atoms with van der Waals surface area (Å²) < 4.78 is 29.5. The number of H-pyrrole nitrogens is 1. The third-order valence-electron chi connectivity index (χ3n) is 6.49. The predicted molar refractivity (Wildman–Crippen MR) is 128 cm³/mol. The summed E-state index contributed by atoms with van der Waals surface area (Å²) in [4.78, 5) is 6.90. The normalized spacial score (nSPS) is 15.2. The van der Waals surface area contributed by atoms with E-state index in [4.69, 9.17) is 11.6 Å². The van der Waals surface area contributed by atoms with E-state index < -0.39 is 0 Å². The van der Waals surface area contributed by atoms with Gasteiger partial charge in [0.2, 0.25) is 0 Å². The topological polar surface area (TPSA) is 56.8 Å². The number of likely N-dealkylation sites (tertiary alicyclic amines) is 1. The highest BCUT2D eigenvalue weighted by atomic mass is 35.5. The first-order valence-electron chi connectivity index (χ1n) is 11.5. The molecule has 33 heavy (non-hydrogen) atoms. The van der Waals surface area contributed by atoms with Crippen molar-refractivity contribution in [1.29, 1.82) is 0 Å². The molecule has 0 bridgehead atoms. The number of aromatic nitrogens is 3. The Balaban J connectivity index is 1.44. The second-order valence-electron chi connectivity index (χ2n) is 8.88. The van der Waals surface area contributed by atoms with Crippen molar-refractivity contribution in [2.75, 3.05) is 18.4 Å². The summed E-state index contributed by atoms with van der Waals surface area (Å²) in [7, 11) is 0. The number of aryl methyl sites for hydroxylation is 1. The lowest BCUT2D eigenvalue weighted by molar-refractivity contribution is 0.174. The van der Waals surface area contributed by atoms with Crippen LogP contribution in [0.25, 0.3) is 0 Å². The number of halogens is 3. The molecule has 0 atom stereocenters. The van der Waals surface area contributed by atoms with Crippen LogP contribution in [-0.4, -0.2) is 33.2 Å². The van der Waals surface area contributed by atoms with E-state index in [1.54, 1.807) is 18.2 Å². The van der Waals surface area contributed by atoms with E-state index in [0.717, 1.165) is 37.2 Å². The molecule has 1 aliphatic heterocycles. The zero-order valence-electron chi connectivity index (χ0n) is 19.3. The summed E-state index contributed by atoms with van der Waals surface area (Å²) in [5, 5.41) is 10.5. The number of anilines is 2. The maximum Gasteiger partial charge on any atom is 0.153 e. The van der Waals surface area contributed by atoms with E-state index in [-0.39, 0.29) is 16.7 Å². The molecule has 1 fully saturated rings. The molecule has 0 unspecified atom stereocenters. The summed E-state index contributed by atoms with van der Waals surface area (Å²) >= 11 is 5.91. The number of pyridine rings is 1. The van der Waals surface area contributed by atoms with Gasteiger partial charge in [-0.25, -0.2) is 13.8 Å². The summed E-state index contributed by atoms with van der Waals surface area (Å²) in [6.45, 7) is 8.00. The van der Waals surface area contributed by atoms with Gasteiger partial charge < -0.3 is 5.32 Å². The number of benzene rings is 1. The molecule has 2 aromatic heterocycles. The van der Waals surface area contributed by atoms with E-state index in [1.165, 1.54) is 0 Å². The molecule has 0 radical (unpaired) electrons. The maximum absolute atomic E-state index is 15.3. The van der Waals surface area contributed by atoms with Crippen LogP contribution in [0.5, 0.6) is 0 Å². The van der Waals surface area contributed by atoms with Crippen molar-refractivity contribution in [3.05, 3.63) is 69.0 Å². The minimum atomic E-state index is -0.341. The molecule has 8 heteroatoms. The van der Waals surface area contributed by atoms with Gasteiger partial charge >= 0.3 is 0 Å². The first kappa shape index (κ1) is 23.6. The van der Waals surface area contributed by atoms with E-state index in [1.807, 2.05) is 26.8 Å². The fourth-order valence-electron chi connectivity index (χ4n) is 4.56. The molecule has 5 nitrogen and oxygen atoms in total. The lowest BCUT2D eigenvalue weighted by atomic mass is 9.90. The van der Waals surface area contributed by atoms with Crippen molar-refractivity contribution >= 4 is 23.2 Å². The van der Waals surface area contributed by atoms with Gasteiger partial charge in [0.15, 0.2) is 5.82 Å². The van der Waals surface area contributed by atoms with Crippen LogP contribution in [0.2, 0.25) is 5.02 Å². The number of rotatable bonds is 7. The fraction of sp³-hybridized carbons (Fsp3) is 0.440. The molecule has 0 aliphatic carbocycles. The summed E-state index contributed by atoms with van der Waals surface area (Å²) in [6, 6.07) is 7.02. The molecule has 1 saturated heterocycles. The Morgan fingerprint density at radius 3 is 2.61 bits per heavy atom. The molecule has 3 aromatic rings. The molecule has 3 heterocycles. The zero-order chi connectivity index (χ0) is 23.5. The van der Waals surface area contributed by atoms with Crippen LogP contribution in [0, 0.1) is 31.4 Å². The van der Waals surface area contributed by atoms with Crippen molar-refractivity contribution in [3.63, 3.8) is 0 Å². The molecule has 1 aromatic carbocycles. The standard InChI is InChI=1S/C25H30ClF2N5/c1-4-19-16(3)25(30-22-12-15(2)31-32-22)29-21(24(19)28)13-17-8-10-33(11-9-17)14-18-6-5-7-20(26)23(18)27/h5-7,12,17H,4,8-11,13-14H2,1-3H3,(H2,29,30,31,32). The van der Waals surface area contributed by atoms with Crippen molar-refractivity contribution in [3.8, 4) is 0 Å². The monoisotopic (exact) mass is 473 g/mol. The number of hydrogen-bond acceptors (Lipinski definition) is 4. The van der Waals surface area contributed by atoms with Gasteiger partial charge in [-0.15, -0.1) is 0 Å². The largest absolute Gasteiger partial charge is 0.323 e. The van der Waals surface area contributed by atoms with Crippen LogP contribution in [-0.2, 0) is 19.4 Å². The average molecular weight is 474 g/mol. The Morgan fingerprint density at radius 2 is 1.94 bits per heavy atom. The lowest BCUT2D eigenvalue weighted by Crippen LogP contribution is -2.34. The van der Waals surface area contributed by atoms with E-state index >= 15 is 4.39 Å². The highest BCUT2D eigenvalue weighted by Gasteiger charge is 2.24. The Bertz CT molecular complexity index is 1120. The third-order valence-corrected chi connectivity index (χ3v) is 6.79. The first-order valence-corrected chi connectivity index (χ1v) is 11.9. The molecular weight excluding hydrogens is 444 g/mol. The van der Waals surface area contributed by atoms with Crippen LogP contribution in [0.1, 0.15) is 47.8 Å². The minimum Gasteiger partial charge on any atom is -0.323 e. The SMILES string of the molecule is CCc1c(C)c(Nc2cc(C)[nH]n2)nc(CC2CCN(Cc3cccc(Cl)c3F)CC2)c1F. The Kier molecular flexibility index (Phi) is 7.29. The average Bonchev–Trinajstić information content (AvgIpc) is 3.21. The quantitative estimate of drug-likeness (QED) is 0.434. The van der Waals surface area contributed by atoms with Gasteiger partial charge in [-0.1, -0.05) is 30.7 Å². The summed E-state index contributed by atoms with van der Waals surface area (Å²) in [5.41, 5.74) is 3.58. The molecule has 4 rings (SSSR count). The second kappa shape index (κ2) is 10.2. The fourth-order valence-corrected chi connectivity index (χ4v) is 4.76. The van der Waals surface area contributed by atoms with E-state index in [0.29, 0.717) is 53.8 Å². The number of nitrogens with one attached hydrogen (secondary N) is 2. The Hall–Kier alpha value is -2.51. The number of nitrogens with zero attached hydrogens (tertiary/aromatic N) is 3. The second-order valence-corrected chi connectivity index (χ2v) is 9.28. The van der Waals surface area contributed by atoms with Gasteiger partial charge in [-0.05, 0) is 75.7 Å². The highest BCUT2D eigenvalue weighted by Crippen LogP contribution is 2.30. The number of hydrogen-bond donors (Lipinski definition) is 2. The first-order chi connectivity index (χ1) is 15.9. The van der Waals surface area contributed by atoms with Crippen molar-refractivity contribution < 1.29 is 8.78 Å². The van der Waals surface area contributed by atoms with Crippen LogP contribution in [0.4, 0.5) is 20.4 Å². The zero-order valence-corrected chi connectivity index (χ0v) is 20.1. The number of piperidine rings is 1. The molecule has 176 valence electrons. The van der Waals surface area contributed by atoms with Crippen molar-refractivity contribution in [1.82, 2.24) is 20.1 Å². The smallest absolute Gasteiger partial charge is 0.153 e. The van der Waals surface area contributed by atoms with Crippen molar-refractivity contribution in [2.24, 2.45) is 5.92 Å². The van der Waals surface area contributed by atoms with Crippen LogP contribution < -0.4 is 5.32 Å². The van der Waals surface area contributed by atoms with Gasteiger partial charge in [0.05, 0.1) is 10.7 Å². The van der Waals surface area contributed by atoms with Crippen LogP contribution >= 0.6 is 11.6 Å². The third kappa shape index (κ3) is 5.36. The molecular formula is C25H30ClF2N5.